The van der Waals surface area contributed by atoms with Gasteiger partial charge in [-0.05, 0) is 117 Å². The molecule has 3 aliphatic heterocycles. The van der Waals surface area contributed by atoms with Gasteiger partial charge < -0.3 is 35.4 Å². The fourth-order valence-corrected chi connectivity index (χ4v) is 10.9. The number of H-pyrrole nitrogens is 3. The van der Waals surface area contributed by atoms with E-state index in [0.717, 1.165) is 165 Å². The summed E-state index contributed by atoms with van der Waals surface area (Å²) in [6, 6.07) is 46.7. The maximum atomic E-state index is 13.1. The predicted octanol–water partition coefficient (Wildman–Crippen LogP) is 11.1. The van der Waals surface area contributed by atoms with Gasteiger partial charge in [0.2, 0.25) is 0 Å². The van der Waals surface area contributed by atoms with Gasteiger partial charge in [-0.25, -0.2) is 0 Å². The van der Waals surface area contributed by atoms with E-state index in [4.69, 9.17) is 4.74 Å². The van der Waals surface area contributed by atoms with Gasteiger partial charge in [0.15, 0.2) is 5.82 Å². The molecule has 0 atom stereocenters. The molecule has 3 amide bonds. The van der Waals surface area contributed by atoms with Crippen LogP contribution in [-0.4, -0.2) is 165 Å². The van der Waals surface area contributed by atoms with E-state index < -0.39 is 0 Å². The molecule has 18 heteroatoms. The summed E-state index contributed by atoms with van der Waals surface area (Å²) in [5, 5.41) is 34.8. The largest absolute Gasteiger partial charge is 0.383 e. The maximum absolute atomic E-state index is 13.1. The number of hydrogen-bond donors (Lipinski definition) is 6. The van der Waals surface area contributed by atoms with Crippen LogP contribution in [0.5, 0.6) is 0 Å². The SMILES string of the molecule is C=C(Nc1ccccc1)c1n[nH]c2ccc(C(=O)N3CCN(CCC)CC3)cc12.C=C(Nc1ccccc1)c1n[nH]c2ccc(C(=O)N3CCN(CCOC)CC3)cc12.C=C(Nc1n[nH]c2ccc(C(=O)N3CCCCC3)cc12)c1ccccc1. The Kier molecular flexibility index (Phi) is 19.6. The number of nitrogens with zero attached hydrogens (tertiary/aromatic N) is 8. The normalized spacial score (nSPS) is 14.7. The van der Waals surface area contributed by atoms with Crippen LogP contribution in [-0.2, 0) is 4.74 Å². The summed E-state index contributed by atoms with van der Waals surface area (Å²) in [5.74, 6) is 0.914. The second-order valence-electron chi connectivity index (χ2n) is 21.5. The number of hydrogen-bond acceptors (Lipinski definition) is 12. The van der Waals surface area contributed by atoms with Gasteiger partial charge in [-0.2, -0.15) is 15.3 Å². The first-order valence-corrected chi connectivity index (χ1v) is 29.3. The van der Waals surface area contributed by atoms with Crippen molar-refractivity contribution in [2.24, 2.45) is 0 Å². The first-order valence-electron chi connectivity index (χ1n) is 29.3. The standard InChI is InChI=1S/C23H27N5O2.C23H27N5O.C21H22N4O/c1-17(24-19-6-4-3-5-7-19)22-20-16-18(8-9-21(20)25-26-22)23(29)28-12-10-27(11-13-28)14-15-30-2;1-3-11-27-12-14-28(15-13-27)23(29)18-9-10-21-20(16-18)22(26-25-21)17(2)24-19-7-5-4-6-8-19;1-15(16-8-4-2-5-9-16)22-20-18-14-17(10-11-19(18)23-24-20)21(26)25-12-6-3-7-13-25/h3-9,16,24H,1,10-15H2,2H3,(H,25,26);4-10,16,24H,2-3,11-15H2,1H3,(H,25,26);2,4-5,8-11,14H,1,3,6-7,12-13H2,(H2,22,23,24). The van der Waals surface area contributed by atoms with Gasteiger partial charge in [-0.3, -0.25) is 39.5 Å². The summed E-state index contributed by atoms with van der Waals surface area (Å²) in [7, 11) is 1.71. The van der Waals surface area contributed by atoms with E-state index in [-0.39, 0.29) is 17.7 Å². The summed E-state index contributed by atoms with van der Waals surface area (Å²) < 4.78 is 5.15. The zero-order chi connectivity index (χ0) is 59.1. The van der Waals surface area contributed by atoms with Crippen LogP contribution in [0, 0.1) is 0 Å². The topological polar surface area (TPSA) is 199 Å². The first kappa shape index (κ1) is 58.8. The average molecular weight is 1140 g/mol. The number of likely N-dealkylation sites (tertiary alicyclic amines) is 1. The van der Waals surface area contributed by atoms with Crippen LogP contribution in [0.4, 0.5) is 17.2 Å². The van der Waals surface area contributed by atoms with Crippen LogP contribution in [0.25, 0.3) is 49.8 Å². The zero-order valence-electron chi connectivity index (χ0n) is 48.7. The number of methoxy groups -OCH3 is 1. The van der Waals surface area contributed by atoms with Crippen molar-refractivity contribution in [2.45, 2.75) is 32.6 Å². The number of aromatic amines is 3. The van der Waals surface area contributed by atoms with Gasteiger partial charge in [0.1, 0.15) is 11.4 Å². The van der Waals surface area contributed by atoms with Crippen LogP contribution in [0.1, 0.15) is 80.6 Å². The highest BCUT2D eigenvalue weighted by Gasteiger charge is 2.25. The van der Waals surface area contributed by atoms with Crippen LogP contribution < -0.4 is 16.0 Å². The third kappa shape index (κ3) is 14.7. The van der Waals surface area contributed by atoms with Gasteiger partial charge in [0.25, 0.3) is 17.7 Å². The number of benzene rings is 6. The zero-order valence-corrected chi connectivity index (χ0v) is 48.7. The molecule has 0 spiro atoms. The Hall–Kier alpha value is -9.36. The van der Waals surface area contributed by atoms with Gasteiger partial charge in [-0.15, -0.1) is 0 Å². The van der Waals surface area contributed by atoms with E-state index >= 15 is 0 Å². The fraction of sp³-hybridized carbons (Fsp3) is 0.284. The van der Waals surface area contributed by atoms with Crippen molar-refractivity contribution in [1.29, 1.82) is 0 Å². The van der Waals surface area contributed by atoms with Crippen molar-refractivity contribution in [2.75, 3.05) is 108 Å². The van der Waals surface area contributed by atoms with E-state index in [1.165, 1.54) is 6.42 Å². The number of ether oxygens (including phenoxy) is 1. The molecule has 85 heavy (non-hydrogen) atoms. The Balaban J connectivity index is 0.000000142. The number of piperidine rings is 1. The summed E-state index contributed by atoms with van der Waals surface area (Å²) >= 11 is 0. The molecular formula is C67H76N14O4. The molecule has 3 aliphatic rings. The molecule has 0 bridgehead atoms. The van der Waals surface area contributed by atoms with Crippen molar-refractivity contribution >= 4 is 84.7 Å². The van der Waals surface area contributed by atoms with Crippen molar-refractivity contribution in [3.8, 4) is 0 Å². The number of amides is 3. The molecule has 3 aromatic heterocycles. The molecule has 6 aromatic carbocycles. The van der Waals surface area contributed by atoms with Gasteiger partial charge >= 0.3 is 0 Å². The highest BCUT2D eigenvalue weighted by molar-refractivity contribution is 6.03. The Morgan fingerprint density at radius 1 is 0.459 bits per heavy atom. The Labute approximate surface area is 496 Å². The summed E-state index contributed by atoms with van der Waals surface area (Å²) in [6.07, 6.45) is 4.53. The monoisotopic (exact) mass is 1140 g/mol. The minimum atomic E-state index is 0.0528. The smallest absolute Gasteiger partial charge is 0.253 e. The number of carbonyl (C=O) groups excluding carboxylic acids is 3. The number of carbonyl (C=O) groups is 3. The lowest BCUT2D eigenvalue weighted by Crippen LogP contribution is -2.49. The number of anilines is 3. The van der Waals surface area contributed by atoms with Gasteiger partial charge in [-0.1, -0.05) is 93.4 Å². The highest BCUT2D eigenvalue weighted by Crippen LogP contribution is 2.29. The highest BCUT2D eigenvalue weighted by atomic mass is 16.5. The second-order valence-corrected chi connectivity index (χ2v) is 21.5. The van der Waals surface area contributed by atoms with Crippen LogP contribution in [0.2, 0.25) is 0 Å². The number of fused-ring (bicyclic) bond motifs is 3. The Bertz CT molecular complexity index is 3740. The molecule has 0 saturated carbocycles. The minimum absolute atomic E-state index is 0.0528. The molecule has 438 valence electrons. The van der Waals surface area contributed by atoms with E-state index in [1.807, 2.05) is 160 Å². The third-order valence-electron chi connectivity index (χ3n) is 15.6. The van der Waals surface area contributed by atoms with Crippen LogP contribution in [0.15, 0.2) is 165 Å². The van der Waals surface area contributed by atoms with Gasteiger partial charge in [0, 0.05) is 129 Å². The summed E-state index contributed by atoms with van der Waals surface area (Å²) in [4.78, 5) is 49.4. The Morgan fingerprint density at radius 3 is 1.33 bits per heavy atom. The van der Waals surface area contributed by atoms with Crippen molar-refractivity contribution in [3.05, 3.63) is 199 Å². The molecule has 9 aromatic rings. The molecule has 6 heterocycles. The molecule has 0 unspecified atom stereocenters. The molecule has 0 radical (unpaired) electrons. The van der Waals surface area contributed by atoms with E-state index in [2.05, 4.69) is 83.0 Å². The molecule has 0 aliphatic carbocycles. The Morgan fingerprint density at radius 2 is 0.871 bits per heavy atom. The van der Waals surface area contributed by atoms with Gasteiger partial charge in [0.05, 0.1) is 34.6 Å². The van der Waals surface area contributed by atoms with Crippen molar-refractivity contribution in [1.82, 2.24) is 55.1 Å². The molecule has 3 saturated heterocycles. The van der Waals surface area contributed by atoms with Crippen molar-refractivity contribution < 1.29 is 19.1 Å². The predicted molar refractivity (Wildman–Crippen MR) is 342 cm³/mol. The summed E-state index contributed by atoms with van der Waals surface area (Å²) in [5.41, 5.74) is 11.2. The number of aromatic nitrogens is 6. The molecule has 6 N–H and O–H groups in total. The molecule has 12 rings (SSSR count). The molecule has 18 nitrogen and oxygen atoms in total. The third-order valence-corrected chi connectivity index (χ3v) is 15.6. The van der Waals surface area contributed by atoms with Crippen molar-refractivity contribution in [3.63, 3.8) is 0 Å². The van der Waals surface area contributed by atoms with Crippen LogP contribution >= 0.6 is 0 Å². The summed E-state index contributed by atoms with van der Waals surface area (Å²) in [6.45, 7) is 25.6. The number of piperazine rings is 2. The van der Waals surface area contributed by atoms with Crippen LogP contribution in [0.3, 0.4) is 0 Å². The number of para-hydroxylation sites is 2. The van der Waals surface area contributed by atoms with E-state index in [0.29, 0.717) is 39.6 Å². The minimum Gasteiger partial charge on any atom is -0.383 e. The maximum Gasteiger partial charge on any atom is 0.253 e. The van der Waals surface area contributed by atoms with E-state index in [1.54, 1.807) is 7.11 Å². The first-order chi connectivity index (χ1) is 41.5. The quantitative estimate of drug-likeness (QED) is 0.0505. The number of rotatable bonds is 17. The number of nitrogens with one attached hydrogen (secondary N) is 6. The lowest BCUT2D eigenvalue weighted by Gasteiger charge is -2.34. The van der Waals surface area contributed by atoms with E-state index in [9.17, 15) is 14.4 Å². The lowest BCUT2D eigenvalue weighted by atomic mass is 10.1. The molecular weight excluding hydrogens is 1060 g/mol. The average Bonchev–Trinajstić information content (AvgIpc) is 3.50. The second kappa shape index (κ2) is 28.3. The lowest BCUT2D eigenvalue weighted by molar-refractivity contribution is 0.0593. The fourth-order valence-electron chi connectivity index (χ4n) is 10.9. The molecule has 3 fully saturated rings.